The van der Waals surface area contributed by atoms with Crippen LogP contribution in [0.3, 0.4) is 0 Å². The minimum absolute atomic E-state index is 0.185. The standard InChI is InChI=1S/C10H8F3NO3/c1-5-3-7(10(11,12)13)4-8(6(2)15)9(5)14(16)17/h3-4H,1-2H3. The van der Waals surface area contributed by atoms with Gasteiger partial charge in [0, 0.05) is 5.56 Å². The van der Waals surface area contributed by atoms with Crippen molar-refractivity contribution >= 4 is 11.5 Å². The molecule has 0 bridgehead atoms. The molecule has 0 fully saturated rings. The van der Waals surface area contributed by atoms with E-state index in [0.29, 0.717) is 12.1 Å². The number of ketones is 1. The number of alkyl halides is 3. The molecule has 0 saturated carbocycles. The van der Waals surface area contributed by atoms with Gasteiger partial charge in [0.2, 0.25) is 0 Å². The first-order chi connectivity index (χ1) is 7.64. The average molecular weight is 247 g/mol. The predicted molar refractivity (Wildman–Crippen MR) is 52.8 cm³/mol. The molecule has 0 amide bonds. The quantitative estimate of drug-likeness (QED) is 0.458. The van der Waals surface area contributed by atoms with E-state index >= 15 is 0 Å². The lowest BCUT2D eigenvalue weighted by atomic mass is 10.0. The minimum Gasteiger partial charge on any atom is -0.294 e. The molecule has 0 radical (unpaired) electrons. The largest absolute Gasteiger partial charge is 0.416 e. The van der Waals surface area contributed by atoms with Gasteiger partial charge in [-0.2, -0.15) is 13.2 Å². The maximum absolute atomic E-state index is 12.5. The molecule has 17 heavy (non-hydrogen) atoms. The molecule has 92 valence electrons. The van der Waals surface area contributed by atoms with Crippen LogP contribution in [0.4, 0.5) is 18.9 Å². The van der Waals surface area contributed by atoms with Crippen LogP contribution in [0.1, 0.15) is 28.4 Å². The SMILES string of the molecule is CC(=O)c1cc(C(F)(F)F)cc(C)c1[N+](=O)[O-]. The molecule has 1 aromatic rings. The van der Waals surface area contributed by atoms with E-state index in [-0.39, 0.29) is 5.56 Å². The Morgan fingerprint density at radius 2 is 1.88 bits per heavy atom. The van der Waals surface area contributed by atoms with Crippen molar-refractivity contribution in [3.8, 4) is 0 Å². The number of rotatable bonds is 2. The number of nitro groups is 1. The van der Waals surface area contributed by atoms with Crippen LogP contribution >= 0.6 is 0 Å². The van der Waals surface area contributed by atoms with E-state index in [2.05, 4.69) is 0 Å². The van der Waals surface area contributed by atoms with Crippen LogP contribution < -0.4 is 0 Å². The molecular weight excluding hydrogens is 239 g/mol. The first-order valence-corrected chi connectivity index (χ1v) is 4.51. The highest BCUT2D eigenvalue weighted by atomic mass is 19.4. The smallest absolute Gasteiger partial charge is 0.294 e. The summed E-state index contributed by atoms with van der Waals surface area (Å²) in [4.78, 5) is 21.0. The second-order valence-electron chi connectivity index (χ2n) is 3.50. The summed E-state index contributed by atoms with van der Waals surface area (Å²) in [6.07, 6.45) is -4.63. The summed E-state index contributed by atoms with van der Waals surface area (Å²) in [5, 5.41) is 10.7. The number of halogens is 3. The lowest BCUT2D eigenvalue weighted by Crippen LogP contribution is -2.10. The molecule has 1 rings (SSSR count). The molecule has 1 aromatic carbocycles. The van der Waals surface area contributed by atoms with Gasteiger partial charge in [0.25, 0.3) is 5.69 Å². The lowest BCUT2D eigenvalue weighted by Gasteiger charge is -2.10. The summed E-state index contributed by atoms with van der Waals surface area (Å²) in [6, 6.07) is 1.16. The fourth-order valence-electron chi connectivity index (χ4n) is 1.45. The Morgan fingerprint density at radius 1 is 1.35 bits per heavy atom. The van der Waals surface area contributed by atoms with Crippen LogP contribution in [-0.2, 0) is 6.18 Å². The first kappa shape index (κ1) is 13.1. The van der Waals surface area contributed by atoms with Crippen molar-refractivity contribution in [2.24, 2.45) is 0 Å². The zero-order chi connectivity index (χ0) is 13.4. The Morgan fingerprint density at radius 3 is 2.24 bits per heavy atom. The summed E-state index contributed by atoms with van der Waals surface area (Å²) in [5.41, 5.74) is -2.35. The third-order valence-corrected chi connectivity index (χ3v) is 2.19. The Balaban J connectivity index is 3.58. The Kier molecular flexibility index (Phi) is 3.21. The molecule has 0 spiro atoms. The molecule has 0 aliphatic carbocycles. The Labute approximate surface area is 94.2 Å². The summed E-state index contributed by atoms with van der Waals surface area (Å²) >= 11 is 0. The number of nitrogens with zero attached hydrogens (tertiary/aromatic N) is 1. The van der Waals surface area contributed by atoms with Crippen LogP contribution in [0, 0.1) is 17.0 Å². The van der Waals surface area contributed by atoms with Gasteiger partial charge in [-0.05, 0) is 26.0 Å². The fourth-order valence-corrected chi connectivity index (χ4v) is 1.45. The molecule has 7 heteroatoms. The number of Topliss-reactive ketones (excluding diaryl/α,β-unsaturated/α-hetero) is 1. The summed E-state index contributed by atoms with van der Waals surface area (Å²) in [6.45, 7) is 2.15. The number of aryl methyl sites for hydroxylation is 1. The van der Waals surface area contributed by atoms with E-state index in [4.69, 9.17) is 0 Å². The van der Waals surface area contributed by atoms with Crippen LogP contribution in [0.2, 0.25) is 0 Å². The Bertz CT molecular complexity index is 494. The molecule has 0 aliphatic rings. The molecule has 4 nitrogen and oxygen atoms in total. The van der Waals surface area contributed by atoms with E-state index in [1.54, 1.807) is 0 Å². The van der Waals surface area contributed by atoms with E-state index in [9.17, 15) is 28.1 Å². The van der Waals surface area contributed by atoms with Gasteiger partial charge in [-0.15, -0.1) is 0 Å². The lowest BCUT2D eigenvalue weighted by molar-refractivity contribution is -0.385. The summed E-state index contributed by atoms with van der Waals surface area (Å²) < 4.78 is 37.4. The van der Waals surface area contributed by atoms with Crippen molar-refractivity contribution in [2.45, 2.75) is 20.0 Å². The number of carbonyl (C=O) groups excluding carboxylic acids is 1. The number of hydrogen-bond acceptors (Lipinski definition) is 3. The number of benzene rings is 1. The highest BCUT2D eigenvalue weighted by Gasteiger charge is 2.34. The molecule has 0 N–H and O–H groups in total. The van der Waals surface area contributed by atoms with Crippen molar-refractivity contribution in [3.05, 3.63) is 38.9 Å². The zero-order valence-electron chi connectivity index (χ0n) is 8.96. The van der Waals surface area contributed by atoms with Crippen LogP contribution in [0.25, 0.3) is 0 Å². The molecule has 0 aromatic heterocycles. The van der Waals surface area contributed by atoms with Gasteiger partial charge in [0.05, 0.1) is 16.1 Å². The number of carbonyl (C=O) groups is 1. The molecule has 0 unspecified atom stereocenters. The molecule has 0 atom stereocenters. The highest BCUT2D eigenvalue weighted by Crippen LogP contribution is 2.34. The molecule has 0 aliphatic heterocycles. The van der Waals surface area contributed by atoms with Crippen molar-refractivity contribution < 1.29 is 22.9 Å². The van der Waals surface area contributed by atoms with E-state index in [0.717, 1.165) is 6.92 Å². The number of hydrogen-bond donors (Lipinski definition) is 0. The minimum atomic E-state index is -4.63. The van der Waals surface area contributed by atoms with Crippen molar-refractivity contribution in [1.29, 1.82) is 0 Å². The van der Waals surface area contributed by atoms with Gasteiger partial charge in [-0.1, -0.05) is 0 Å². The predicted octanol–water partition coefficient (Wildman–Crippen LogP) is 3.12. The van der Waals surface area contributed by atoms with E-state index < -0.39 is 33.7 Å². The monoisotopic (exact) mass is 247 g/mol. The average Bonchev–Trinajstić information content (AvgIpc) is 2.13. The third-order valence-electron chi connectivity index (χ3n) is 2.19. The third kappa shape index (κ3) is 2.61. The van der Waals surface area contributed by atoms with E-state index in [1.807, 2.05) is 0 Å². The summed E-state index contributed by atoms with van der Waals surface area (Å²) in [5.74, 6) is -0.772. The zero-order valence-corrected chi connectivity index (χ0v) is 8.96. The first-order valence-electron chi connectivity index (χ1n) is 4.51. The topological polar surface area (TPSA) is 60.2 Å². The van der Waals surface area contributed by atoms with E-state index in [1.165, 1.54) is 6.92 Å². The van der Waals surface area contributed by atoms with Crippen molar-refractivity contribution in [2.75, 3.05) is 0 Å². The van der Waals surface area contributed by atoms with Crippen molar-refractivity contribution in [1.82, 2.24) is 0 Å². The van der Waals surface area contributed by atoms with Crippen LogP contribution in [0.15, 0.2) is 12.1 Å². The van der Waals surface area contributed by atoms with Gasteiger partial charge in [-0.3, -0.25) is 14.9 Å². The second kappa shape index (κ2) is 4.15. The second-order valence-corrected chi connectivity index (χ2v) is 3.50. The summed E-state index contributed by atoms with van der Waals surface area (Å²) in [7, 11) is 0. The Hall–Kier alpha value is -1.92. The maximum atomic E-state index is 12.5. The van der Waals surface area contributed by atoms with Crippen LogP contribution in [-0.4, -0.2) is 10.7 Å². The maximum Gasteiger partial charge on any atom is 0.416 e. The molecular formula is C10H8F3NO3. The van der Waals surface area contributed by atoms with Crippen LogP contribution in [0.5, 0.6) is 0 Å². The van der Waals surface area contributed by atoms with Gasteiger partial charge in [-0.25, -0.2) is 0 Å². The normalized spacial score (nSPS) is 11.4. The van der Waals surface area contributed by atoms with Gasteiger partial charge in [0.1, 0.15) is 0 Å². The van der Waals surface area contributed by atoms with Gasteiger partial charge in [0.15, 0.2) is 5.78 Å². The highest BCUT2D eigenvalue weighted by molar-refractivity contribution is 5.98. The van der Waals surface area contributed by atoms with Crippen molar-refractivity contribution in [3.63, 3.8) is 0 Å². The van der Waals surface area contributed by atoms with Gasteiger partial charge < -0.3 is 0 Å². The van der Waals surface area contributed by atoms with Gasteiger partial charge >= 0.3 is 6.18 Å². The number of nitro benzene ring substituents is 1. The fraction of sp³-hybridized carbons (Fsp3) is 0.300. The molecule has 0 saturated heterocycles. The molecule has 0 heterocycles.